The zero-order chi connectivity index (χ0) is 9.64. The molecule has 72 valence electrons. The van der Waals surface area contributed by atoms with Crippen molar-refractivity contribution in [2.75, 3.05) is 0 Å². The first kappa shape index (κ1) is 8.53. The quantitative estimate of drug-likeness (QED) is 0.589. The van der Waals surface area contributed by atoms with Crippen LogP contribution < -0.4 is 10.6 Å². The molecule has 0 radical (unpaired) electrons. The van der Waals surface area contributed by atoms with Crippen molar-refractivity contribution in [2.45, 2.75) is 38.3 Å². The van der Waals surface area contributed by atoms with E-state index in [9.17, 15) is 9.59 Å². The van der Waals surface area contributed by atoms with Crippen LogP contribution in [0.1, 0.15) is 26.7 Å². The molecule has 1 saturated heterocycles. The Morgan fingerprint density at radius 3 is 2.46 bits per heavy atom. The van der Waals surface area contributed by atoms with Crippen molar-refractivity contribution in [2.24, 2.45) is 5.92 Å². The van der Waals surface area contributed by atoms with Gasteiger partial charge < -0.3 is 10.6 Å². The summed E-state index contributed by atoms with van der Waals surface area (Å²) in [7, 11) is 0. The fraction of sp³-hybridized carbons (Fsp3) is 0.778. The molecule has 13 heavy (non-hydrogen) atoms. The molecule has 2 fully saturated rings. The van der Waals surface area contributed by atoms with Crippen LogP contribution in [-0.2, 0) is 9.59 Å². The smallest absolute Gasteiger partial charge is 0.246 e. The highest BCUT2D eigenvalue weighted by Crippen LogP contribution is 2.37. The zero-order valence-electron chi connectivity index (χ0n) is 7.89. The van der Waals surface area contributed by atoms with Crippen molar-refractivity contribution in [3.63, 3.8) is 0 Å². The molecule has 1 aliphatic heterocycles. The second-order valence-electron chi connectivity index (χ2n) is 4.27. The third-order valence-corrected chi connectivity index (χ3v) is 2.78. The van der Waals surface area contributed by atoms with E-state index in [-0.39, 0.29) is 23.8 Å². The lowest BCUT2D eigenvalue weighted by atomic mass is 9.99. The van der Waals surface area contributed by atoms with Crippen molar-refractivity contribution in [1.29, 1.82) is 0 Å². The molecule has 1 heterocycles. The minimum atomic E-state index is -0.525. The maximum atomic E-state index is 11.5. The molecule has 0 aromatic rings. The fourth-order valence-electron chi connectivity index (χ4n) is 1.66. The zero-order valence-corrected chi connectivity index (χ0v) is 7.89. The minimum Gasteiger partial charge on any atom is -0.342 e. The van der Waals surface area contributed by atoms with Crippen LogP contribution in [0.3, 0.4) is 0 Å². The molecule has 1 saturated carbocycles. The topological polar surface area (TPSA) is 58.2 Å². The lowest BCUT2D eigenvalue weighted by molar-refractivity contribution is -0.138. The van der Waals surface area contributed by atoms with Gasteiger partial charge in [0.15, 0.2) is 0 Å². The summed E-state index contributed by atoms with van der Waals surface area (Å²) < 4.78 is 0. The molecular formula is C9H14N2O2. The van der Waals surface area contributed by atoms with E-state index in [4.69, 9.17) is 0 Å². The van der Waals surface area contributed by atoms with E-state index < -0.39 is 5.54 Å². The average Bonchev–Trinajstić information content (AvgIpc) is 2.78. The van der Waals surface area contributed by atoms with Gasteiger partial charge in [-0.2, -0.15) is 0 Å². The fourth-order valence-corrected chi connectivity index (χ4v) is 1.66. The SMILES string of the molecule is CC(C)C1NC(=O)C2(CC2)NC1=O. The Labute approximate surface area is 77.1 Å². The van der Waals surface area contributed by atoms with Crippen LogP contribution in [0, 0.1) is 5.92 Å². The van der Waals surface area contributed by atoms with Gasteiger partial charge in [0.2, 0.25) is 11.8 Å². The average molecular weight is 182 g/mol. The molecule has 1 unspecified atom stereocenters. The Bertz CT molecular complexity index is 269. The molecule has 2 aliphatic rings. The molecule has 4 nitrogen and oxygen atoms in total. The van der Waals surface area contributed by atoms with Crippen LogP contribution in [0.25, 0.3) is 0 Å². The van der Waals surface area contributed by atoms with Crippen LogP contribution in [0.15, 0.2) is 0 Å². The minimum absolute atomic E-state index is 0.00852. The second kappa shape index (κ2) is 2.47. The van der Waals surface area contributed by atoms with Crippen LogP contribution in [0.4, 0.5) is 0 Å². The van der Waals surface area contributed by atoms with Crippen LogP contribution in [0.5, 0.6) is 0 Å². The highest BCUT2D eigenvalue weighted by molar-refractivity contribution is 6.01. The first-order valence-corrected chi connectivity index (χ1v) is 4.68. The van der Waals surface area contributed by atoms with Gasteiger partial charge in [0.25, 0.3) is 0 Å². The van der Waals surface area contributed by atoms with E-state index in [1.165, 1.54) is 0 Å². The van der Waals surface area contributed by atoms with Gasteiger partial charge in [-0.25, -0.2) is 0 Å². The van der Waals surface area contributed by atoms with E-state index >= 15 is 0 Å². The summed E-state index contributed by atoms with van der Waals surface area (Å²) in [6, 6.07) is -0.348. The number of nitrogens with one attached hydrogen (secondary N) is 2. The van der Waals surface area contributed by atoms with E-state index in [1.807, 2.05) is 13.8 Å². The molecule has 0 bridgehead atoms. The molecule has 1 spiro atoms. The van der Waals surface area contributed by atoms with Crippen molar-refractivity contribution in [3.05, 3.63) is 0 Å². The number of hydrogen-bond acceptors (Lipinski definition) is 2. The predicted molar refractivity (Wildman–Crippen MR) is 46.9 cm³/mol. The first-order valence-electron chi connectivity index (χ1n) is 4.68. The van der Waals surface area contributed by atoms with Gasteiger partial charge in [0, 0.05) is 0 Å². The molecular weight excluding hydrogens is 168 g/mol. The summed E-state index contributed by atoms with van der Waals surface area (Å²) in [4.78, 5) is 23.0. The van der Waals surface area contributed by atoms with Gasteiger partial charge in [-0.1, -0.05) is 13.8 Å². The Morgan fingerprint density at radius 2 is 2.00 bits per heavy atom. The van der Waals surface area contributed by atoms with Crippen molar-refractivity contribution in [1.82, 2.24) is 10.6 Å². The predicted octanol–water partition coefficient (Wildman–Crippen LogP) is -0.210. The van der Waals surface area contributed by atoms with Crippen molar-refractivity contribution < 1.29 is 9.59 Å². The number of carbonyl (C=O) groups excluding carboxylic acids is 2. The van der Waals surface area contributed by atoms with Crippen molar-refractivity contribution >= 4 is 11.8 Å². The van der Waals surface area contributed by atoms with Crippen LogP contribution >= 0.6 is 0 Å². The molecule has 4 heteroatoms. The monoisotopic (exact) mass is 182 g/mol. The highest BCUT2D eigenvalue weighted by atomic mass is 16.2. The Kier molecular flexibility index (Phi) is 1.62. The summed E-state index contributed by atoms with van der Waals surface area (Å²) in [6.07, 6.45) is 1.57. The summed E-state index contributed by atoms with van der Waals surface area (Å²) in [5, 5.41) is 5.56. The molecule has 2 rings (SSSR count). The number of carbonyl (C=O) groups is 2. The van der Waals surface area contributed by atoms with E-state index in [0.29, 0.717) is 0 Å². The largest absolute Gasteiger partial charge is 0.342 e. The number of rotatable bonds is 1. The Morgan fingerprint density at radius 1 is 1.38 bits per heavy atom. The summed E-state index contributed by atoms with van der Waals surface area (Å²) in [5.41, 5.74) is -0.525. The van der Waals surface area contributed by atoms with Gasteiger partial charge in [0.05, 0.1) is 0 Å². The van der Waals surface area contributed by atoms with Gasteiger partial charge in [0.1, 0.15) is 11.6 Å². The molecule has 1 aliphatic carbocycles. The van der Waals surface area contributed by atoms with Gasteiger partial charge >= 0.3 is 0 Å². The van der Waals surface area contributed by atoms with E-state index in [1.54, 1.807) is 0 Å². The summed E-state index contributed by atoms with van der Waals surface area (Å²) in [6.45, 7) is 3.85. The third-order valence-electron chi connectivity index (χ3n) is 2.78. The van der Waals surface area contributed by atoms with Gasteiger partial charge in [-0.3, -0.25) is 9.59 Å². The molecule has 0 aromatic carbocycles. The highest BCUT2D eigenvalue weighted by Gasteiger charge is 2.55. The first-order chi connectivity index (χ1) is 6.05. The van der Waals surface area contributed by atoms with Crippen molar-refractivity contribution in [3.8, 4) is 0 Å². The Balaban J connectivity index is 2.13. The maximum Gasteiger partial charge on any atom is 0.246 e. The third kappa shape index (κ3) is 1.20. The summed E-state index contributed by atoms with van der Waals surface area (Å²) >= 11 is 0. The van der Waals surface area contributed by atoms with Gasteiger partial charge in [-0.15, -0.1) is 0 Å². The molecule has 0 aromatic heterocycles. The van der Waals surface area contributed by atoms with E-state index in [0.717, 1.165) is 12.8 Å². The number of piperazine rings is 1. The summed E-state index contributed by atoms with van der Waals surface area (Å²) in [5.74, 6) is 0.109. The Hall–Kier alpha value is -1.06. The molecule has 2 N–H and O–H groups in total. The number of hydrogen-bond donors (Lipinski definition) is 2. The van der Waals surface area contributed by atoms with Gasteiger partial charge in [-0.05, 0) is 18.8 Å². The normalized spacial score (nSPS) is 30.2. The maximum absolute atomic E-state index is 11.5. The lowest BCUT2D eigenvalue weighted by Crippen LogP contribution is -2.64. The second-order valence-corrected chi connectivity index (χ2v) is 4.27. The molecule has 2 amide bonds. The lowest BCUT2D eigenvalue weighted by Gasteiger charge is -2.31. The van der Waals surface area contributed by atoms with E-state index in [2.05, 4.69) is 10.6 Å². The standard InChI is InChI=1S/C9H14N2O2/c1-5(2)6-7(12)11-9(3-4-9)8(13)10-6/h5-6H,3-4H2,1-2H3,(H,10,13)(H,11,12). The van der Waals surface area contributed by atoms with Crippen LogP contribution in [0.2, 0.25) is 0 Å². The number of amides is 2. The molecule has 1 atom stereocenters. The van der Waals surface area contributed by atoms with Crippen LogP contribution in [-0.4, -0.2) is 23.4 Å².